The first-order valence-electron chi connectivity index (χ1n) is 7.03. The van der Waals surface area contributed by atoms with Gasteiger partial charge in [0, 0.05) is 6.61 Å². The molecule has 0 aliphatic carbocycles. The van der Waals surface area contributed by atoms with E-state index in [0.29, 0.717) is 25.0 Å². The first kappa shape index (κ1) is 14.7. The Morgan fingerprint density at radius 3 is 2.70 bits per heavy atom. The average molecular weight is 275 g/mol. The van der Waals surface area contributed by atoms with Crippen molar-refractivity contribution in [1.82, 2.24) is 15.5 Å². The molecule has 108 valence electrons. The van der Waals surface area contributed by atoms with Crippen molar-refractivity contribution in [2.45, 2.75) is 32.9 Å². The fourth-order valence-electron chi connectivity index (χ4n) is 1.91. The summed E-state index contributed by atoms with van der Waals surface area (Å²) in [5.41, 5.74) is 1.12. The minimum atomic E-state index is -0.0703. The molecule has 2 rings (SSSR count). The second kappa shape index (κ2) is 7.77. The van der Waals surface area contributed by atoms with Gasteiger partial charge in [0.2, 0.25) is 11.8 Å². The van der Waals surface area contributed by atoms with Gasteiger partial charge in [-0.05, 0) is 25.5 Å². The van der Waals surface area contributed by atoms with E-state index in [2.05, 4.69) is 34.6 Å². The van der Waals surface area contributed by atoms with Gasteiger partial charge in [-0.2, -0.15) is 0 Å². The minimum absolute atomic E-state index is 0.0703. The van der Waals surface area contributed by atoms with Crippen LogP contribution in [0.5, 0.6) is 0 Å². The Kier molecular flexibility index (Phi) is 5.70. The first-order chi connectivity index (χ1) is 9.85. The van der Waals surface area contributed by atoms with Crippen LogP contribution < -0.4 is 5.32 Å². The molecular weight excluding hydrogens is 254 g/mol. The highest BCUT2D eigenvalue weighted by molar-refractivity contribution is 5.23. The summed E-state index contributed by atoms with van der Waals surface area (Å²) in [6.07, 6.45) is 1.04. The number of ether oxygens (including phenoxy) is 1. The topological polar surface area (TPSA) is 60.2 Å². The second-order valence-corrected chi connectivity index (χ2v) is 4.47. The van der Waals surface area contributed by atoms with E-state index in [-0.39, 0.29) is 6.04 Å². The number of nitrogens with zero attached hydrogens (tertiary/aromatic N) is 2. The Labute approximate surface area is 119 Å². The molecule has 1 atom stereocenters. The van der Waals surface area contributed by atoms with Gasteiger partial charge in [-0.25, -0.2) is 0 Å². The lowest BCUT2D eigenvalue weighted by molar-refractivity contribution is 0.113. The molecule has 2 aromatic rings. The fourth-order valence-corrected chi connectivity index (χ4v) is 1.91. The smallest absolute Gasteiger partial charge is 0.242 e. The molecule has 0 aliphatic heterocycles. The average Bonchev–Trinajstić information content (AvgIpc) is 2.95. The summed E-state index contributed by atoms with van der Waals surface area (Å²) in [5, 5.41) is 11.6. The van der Waals surface area contributed by atoms with Gasteiger partial charge >= 0.3 is 0 Å². The third kappa shape index (κ3) is 3.88. The number of benzene rings is 1. The molecule has 20 heavy (non-hydrogen) atoms. The Morgan fingerprint density at radius 2 is 2.00 bits per heavy atom. The van der Waals surface area contributed by atoms with Crippen LogP contribution in [0.25, 0.3) is 0 Å². The van der Waals surface area contributed by atoms with Crippen LogP contribution in [-0.2, 0) is 11.3 Å². The zero-order valence-electron chi connectivity index (χ0n) is 12.0. The van der Waals surface area contributed by atoms with Crippen molar-refractivity contribution in [3.8, 4) is 0 Å². The van der Waals surface area contributed by atoms with Crippen molar-refractivity contribution in [1.29, 1.82) is 0 Å². The molecule has 0 aliphatic rings. The highest BCUT2D eigenvalue weighted by Gasteiger charge is 2.19. The molecule has 0 radical (unpaired) electrons. The zero-order valence-corrected chi connectivity index (χ0v) is 12.0. The van der Waals surface area contributed by atoms with Crippen LogP contribution in [0.2, 0.25) is 0 Å². The molecule has 1 aromatic heterocycles. The molecule has 0 saturated heterocycles. The van der Waals surface area contributed by atoms with Crippen LogP contribution in [0.4, 0.5) is 0 Å². The second-order valence-electron chi connectivity index (χ2n) is 4.47. The van der Waals surface area contributed by atoms with Crippen molar-refractivity contribution >= 4 is 0 Å². The van der Waals surface area contributed by atoms with Gasteiger partial charge < -0.3 is 14.5 Å². The van der Waals surface area contributed by atoms with Crippen molar-refractivity contribution in [3.63, 3.8) is 0 Å². The highest BCUT2D eigenvalue weighted by atomic mass is 16.5. The number of hydrogen-bond donors (Lipinski definition) is 1. The molecule has 0 spiro atoms. The zero-order chi connectivity index (χ0) is 14.2. The lowest BCUT2D eigenvalue weighted by Gasteiger charge is -2.14. The molecule has 1 heterocycles. The summed E-state index contributed by atoms with van der Waals surface area (Å²) in [5.74, 6) is 1.10. The van der Waals surface area contributed by atoms with Crippen molar-refractivity contribution in [2.24, 2.45) is 0 Å². The van der Waals surface area contributed by atoms with Crippen LogP contribution in [-0.4, -0.2) is 23.3 Å². The summed E-state index contributed by atoms with van der Waals surface area (Å²) >= 11 is 0. The number of aromatic nitrogens is 2. The van der Waals surface area contributed by atoms with Crippen LogP contribution in [0, 0.1) is 0 Å². The van der Waals surface area contributed by atoms with Gasteiger partial charge in [-0.1, -0.05) is 37.3 Å². The molecule has 1 N–H and O–H groups in total. The van der Waals surface area contributed by atoms with Crippen molar-refractivity contribution in [2.75, 3.05) is 13.2 Å². The predicted molar refractivity (Wildman–Crippen MR) is 76.2 cm³/mol. The Morgan fingerprint density at radius 1 is 1.20 bits per heavy atom. The van der Waals surface area contributed by atoms with Gasteiger partial charge in [0.25, 0.3) is 0 Å². The Bertz CT molecular complexity index is 499. The summed E-state index contributed by atoms with van der Waals surface area (Å²) in [6.45, 7) is 5.95. The van der Waals surface area contributed by atoms with E-state index < -0.39 is 0 Å². The minimum Gasteiger partial charge on any atom is -0.421 e. The fraction of sp³-hybridized carbons (Fsp3) is 0.467. The summed E-state index contributed by atoms with van der Waals surface area (Å²) in [4.78, 5) is 0. The molecule has 1 unspecified atom stereocenters. The summed E-state index contributed by atoms with van der Waals surface area (Å²) < 4.78 is 11.0. The number of hydrogen-bond acceptors (Lipinski definition) is 5. The SMILES string of the molecule is CCCNC(c1ccccc1)c1nnc(COCC)o1. The molecule has 5 nitrogen and oxygen atoms in total. The first-order valence-corrected chi connectivity index (χ1v) is 7.03. The van der Waals surface area contributed by atoms with Gasteiger partial charge in [-0.15, -0.1) is 10.2 Å². The lowest BCUT2D eigenvalue weighted by atomic mass is 10.1. The molecule has 0 bridgehead atoms. The maximum atomic E-state index is 5.69. The van der Waals surface area contributed by atoms with E-state index in [1.54, 1.807) is 0 Å². The molecule has 5 heteroatoms. The van der Waals surface area contributed by atoms with Gasteiger partial charge in [0.05, 0.1) is 0 Å². The highest BCUT2D eigenvalue weighted by Crippen LogP contribution is 2.21. The van der Waals surface area contributed by atoms with Crippen LogP contribution in [0.1, 0.15) is 43.7 Å². The standard InChI is InChI=1S/C15H21N3O2/c1-3-10-16-14(12-8-6-5-7-9-12)15-18-17-13(20-15)11-19-4-2/h5-9,14,16H,3-4,10-11H2,1-2H3. The van der Waals surface area contributed by atoms with Crippen LogP contribution in [0.15, 0.2) is 34.7 Å². The van der Waals surface area contributed by atoms with Crippen LogP contribution >= 0.6 is 0 Å². The van der Waals surface area contributed by atoms with Gasteiger partial charge in [0.15, 0.2) is 0 Å². The molecule has 0 saturated carbocycles. The third-order valence-electron chi connectivity index (χ3n) is 2.89. The van der Waals surface area contributed by atoms with Crippen LogP contribution in [0.3, 0.4) is 0 Å². The van der Waals surface area contributed by atoms with E-state index in [4.69, 9.17) is 9.15 Å². The quantitative estimate of drug-likeness (QED) is 0.802. The number of nitrogens with one attached hydrogen (secondary N) is 1. The van der Waals surface area contributed by atoms with Crippen molar-refractivity contribution in [3.05, 3.63) is 47.7 Å². The largest absolute Gasteiger partial charge is 0.421 e. The molecule has 1 aromatic carbocycles. The normalized spacial score (nSPS) is 12.5. The summed E-state index contributed by atoms with van der Waals surface area (Å²) in [6, 6.07) is 10.0. The monoisotopic (exact) mass is 275 g/mol. The maximum Gasteiger partial charge on any atom is 0.242 e. The van der Waals surface area contributed by atoms with E-state index >= 15 is 0 Å². The summed E-state index contributed by atoms with van der Waals surface area (Å²) in [7, 11) is 0. The van der Waals surface area contributed by atoms with E-state index in [1.165, 1.54) is 0 Å². The van der Waals surface area contributed by atoms with Gasteiger partial charge in [-0.3, -0.25) is 0 Å². The molecule has 0 amide bonds. The van der Waals surface area contributed by atoms with E-state index in [1.807, 2.05) is 25.1 Å². The van der Waals surface area contributed by atoms with E-state index in [0.717, 1.165) is 18.5 Å². The van der Waals surface area contributed by atoms with E-state index in [9.17, 15) is 0 Å². The maximum absolute atomic E-state index is 5.69. The molecule has 0 fully saturated rings. The lowest BCUT2D eigenvalue weighted by Crippen LogP contribution is -2.23. The predicted octanol–water partition coefficient (Wildman–Crippen LogP) is 2.70. The molecular formula is C15H21N3O2. The Balaban J connectivity index is 2.16. The van der Waals surface area contributed by atoms with Gasteiger partial charge in [0.1, 0.15) is 12.6 Å². The Hall–Kier alpha value is -1.72. The number of rotatable bonds is 8. The van der Waals surface area contributed by atoms with Crippen molar-refractivity contribution < 1.29 is 9.15 Å². The third-order valence-corrected chi connectivity index (χ3v) is 2.89.